The largest absolute Gasteiger partial charge is 0.493 e. The lowest BCUT2D eigenvalue weighted by atomic mass is 9.84. The van der Waals surface area contributed by atoms with Crippen LogP contribution in [0.15, 0.2) is 48.2 Å². The molecule has 0 saturated heterocycles. The van der Waals surface area contributed by atoms with E-state index in [9.17, 15) is 9.59 Å². The van der Waals surface area contributed by atoms with Crippen molar-refractivity contribution in [1.29, 1.82) is 0 Å². The summed E-state index contributed by atoms with van der Waals surface area (Å²) in [5, 5.41) is 0. The molecule has 0 unspecified atom stereocenters. The third-order valence-electron chi connectivity index (χ3n) is 6.58. The van der Waals surface area contributed by atoms with Crippen LogP contribution in [-0.2, 0) is 4.79 Å². The first-order chi connectivity index (χ1) is 18.0. The summed E-state index contributed by atoms with van der Waals surface area (Å²) in [7, 11) is 4.61. The third-order valence-corrected chi connectivity index (χ3v) is 6.58. The van der Waals surface area contributed by atoms with Crippen molar-refractivity contribution in [2.24, 2.45) is 0 Å². The van der Waals surface area contributed by atoms with E-state index in [-0.39, 0.29) is 24.8 Å². The first kappa shape index (κ1) is 22.8. The van der Waals surface area contributed by atoms with Crippen LogP contribution < -0.4 is 33.2 Å². The van der Waals surface area contributed by atoms with Gasteiger partial charge in [0.25, 0.3) is 0 Å². The number of ether oxygens (including phenoxy) is 7. The van der Waals surface area contributed by atoms with Gasteiger partial charge in [-0.3, -0.25) is 9.59 Å². The van der Waals surface area contributed by atoms with Gasteiger partial charge in [-0.15, -0.1) is 0 Å². The van der Waals surface area contributed by atoms with E-state index in [0.717, 1.165) is 5.56 Å². The minimum Gasteiger partial charge on any atom is -0.493 e. The van der Waals surface area contributed by atoms with E-state index in [1.807, 2.05) is 6.07 Å². The van der Waals surface area contributed by atoms with Crippen molar-refractivity contribution in [2.75, 3.05) is 28.1 Å². The summed E-state index contributed by atoms with van der Waals surface area (Å²) in [6.07, 6.45) is 1.66. The normalized spacial score (nSPS) is 18.1. The number of rotatable bonds is 5. The average Bonchev–Trinajstić information content (AvgIpc) is 3.51. The van der Waals surface area contributed by atoms with Crippen LogP contribution in [0.4, 0.5) is 0 Å². The topological polar surface area (TPSA) is 98.8 Å². The minimum atomic E-state index is -0.465. The van der Waals surface area contributed by atoms with Gasteiger partial charge in [0.15, 0.2) is 28.8 Å². The van der Waals surface area contributed by atoms with E-state index in [4.69, 9.17) is 33.2 Å². The number of carbonyl (C=O) groups is 2. The molecule has 188 valence electrons. The molecule has 0 amide bonds. The van der Waals surface area contributed by atoms with Gasteiger partial charge in [0, 0.05) is 17.0 Å². The predicted molar refractivity (Wildman–Crippen MR) is 130 cm³/mol. The van der Waals surface area contributed by atoms with E-state index >= 15 is 0 Å². The molecule has 0 bridgehead atoms. The molecule has 0 saturated carbocycles. The van der Waals surface area contributed by atoms with Crippen molar-refractivity contribution in [1.82, 2.24) is 0 Å². The van der Waals surface area contributed by atoms with E-state index in [1.54, 1.807) is 49.6 Å². The number of fused-ring (bicyclic) bond motifs is 4. The Balaban J connectivity index is 1.46. The van der Waals surface area contributed by atoms with Crippen LogP contribution in [0, 0.1) is 0 Å². The summed E-state index contributed by atoms with van der Waals surface area (Å²) in [6.45, 7) is 0.0767. The maximum atomic E-state index is 13.4. The Hall–Kier alpha value is -4.66. The molecule has 9 heteroatoms. The molecule has 0 radical (unpaired) electrons. The van der Waals surface area contributed by atoms with Crippen LogP contribution in [0.25, 0.3) is 6.08 Å². The van der Waals surface area contributed by atoms with Crippen molar-refractivity contribution < 1.29 is 42.7 Å². The Morgan fingerprint density at radius 3 is 2.49 bits per heavy atom. The first-order valence-electron chi connectivity index (χ1n) is 11.5. The standard InChI is InChI=1S/C28H22O9/c1-31-19-6-4-5-14(26(19)33-3)9-20-25(30)16-7-8-18-24(27(16)37-20)17(12-23(29)36-18)15-10-21(32-2)28-22(11-15)34-13-35-28/h4-11,17H,12-13H2,1-3H3/b20-9-/t17-/m0/s1. The molecule has 0 aromatic heterocycles. The molecule has 3 aliphatic rings. The summed E-state index contributed by atoms with van der Waals surface area (Å²) in [5.74, 6) is 2.18. The molecule has 3 aromatic rings. The zero-order valence-electron chi connectivity index (χ0n) is 20.3. The number of para-hydroxylation sites is 1. The fourth-order valence-corrected chi connectivity index (χ4v) is 4.91. The number of hydrogen-bond acceptors (Lipinski definition) is 9. The van der Waals surface area contributed by atoms with Crippen molar-refractivity contribution in [3.05, 3.63) is 70.5 Å². The molecule has 9 nitrogen and oxygen atoms in total. The first-order valence-corrected chi connectivity index (χ1v) is 11.5. The number of Topliss-reactive ketones (excluding diaryl/α,β-unsaturated/α-hetero) is 1. The highest BCUT2D eigenvalue weighted by molar-refractivity contribution is 6.15. The van der Waals surface area contributed by atoms with E-state index in [0.29, 0.717) is 56.9 Å². The summed E-state index contributed by atoms with van der Waals surface area (Å²) in [4.78, 5) is 25.9. The SMILES string of the molecule is COc1cccc(/C=C2\Oc3c(ccc4c3[C@H](c3cc(OC)c5c(c3)OCO5)CC(=O)O4)C2=O)c1OC. The summed E-state index contributed by atoms with van der Waals surface area (Å²) in [6, 6.07) is 12.2. The van der Waals surface area contributed by atoms with Gasteiger partial charge in [-0.1, -0.05) is 12.1 Å². The fourth-order valence-electron chi connectivity index (χ4n) is 4.91. The summed E-state index contributed by atoms with van der Waals surface area (Å²) >= 11 is 0. The lowest BCUT2D eigenvalue weighted by Gasteiger charge is -2.26. The molecule has 37 heavy (non-hydrogen) atoms. The zero-order chi connectivity index (χ0) is 25.7. The Morgan fingerprint density at radius 2 is 1.70 bits per heavy atom. The second-order valence-electron chi connectivity index (χ2n) is 8.56. The molecule has 6 rings (SSSR count). The molecule has 0 N–H and O–H groups in total. The van der Waals surface area contributed by atoms with E-state index in [1.165, 1.54) is 14.2 Å². The van der Waals surface area contributed by atoms with Crippen LogP contribution in [0.3, 0.4) is 0 Å². The lowest BCUT2D eigenvalue weighted by molar-refractivity contribution is -0.135. The fraction of sp³-hybridized carbons (Fsp3) is 0.214. The minimum absolute atomic E-state index is 0.0482. The molecule has 3 aromatic carbocycles. The van der Waals surface area contributed by atoms with Crippen LogP contribution in [0.5, 0.6) is 40.2 Å². The molecule has 0 fully saturated rings. The summed E-state index contributed by atoms with van der Waals surface area (Å²) in [5.41, 5.74) is 2.35. The highest BCUT2D eigenvalue weighted by atomic mass is 16.7. The smallest absolute Gasteiger partial charge is 0.312 e. The Bertz CT molecular complexity index is 1490. The van der Waals surface area contributed by atoms with Gasteiger partial charge in [0.1, 0.15) is 11.5 Å². The highest BCUT2D eigenvalue weighted by Crippen LogP contribution is 2.52. The van der Waals surface area contributed by atoms with Crippen LogP contribution >= 0.6 is 0 Å². The molecule has 3 aliphatic heterocycles. The van der Waals surface area contributed by atoms with Crippen molar-refractivity contribution in [2.45, 2.75) is 12.3 Å². The van der Waals surface area contributed by atoms with Crippen molar-refractivity contribution in [3.8, 4) is 40.2 Å². The second kappa shape index (κ2) is 8.77. The van der Waals surface area contributed by atoms with Crippen LogP contribution in [0.1, 0.15) is 39.4 Å². The Labute approximate surface area is 212 Å². The molecule has 0 aliphatic carbocycles. The van der Waals surface area contributed by atoms with Crippen molar-refractivity contribution in [3.63, 3.8) is 0 Å². The number of esters is 1. The lowest BCUT2D eigenvalue weighted by Crippen LogP contribution is -2.21. The zero-order valence-corrected chi connectivity index (χ0v) is 20.3. The number of carbonyl (C=O) groups excluding carboxylic acids is 2. The number of methoxy groups -OCH3 is 3. The monoisotopic (exact) mass is 502 g/mol. The highest BCUT2D eigenvalue weighted by Gasteiger charge is 2.39. The van der Waals surface area contributed by atoms with Crippen molar-refractivity contribution >= 4 is 17.8 Å². The second-order valence-corrected chi connectivity index (χ2v) is 8.56. The molecule has 3 heterocycles. The molecule has 0 spiro atoms. The third kappa shape index (κ3) is 3.62. The molecular weight excluding hydrogens is 480 g/mol. The molecule has 1 atom stereocenters. The summed E-state index contributed by atoms with van der Waals surface area (Å²) < 4.78 is 39.2. The number of ketones is 1. The quantitative estimate of drug-likeness (QED) is 0.284. The van der Waals surface area contributed by atoms with Gasteiger partial charge < -0.3 is 33.2 Å². The Morgan fingerprint density at radius 1 is 0.865 bits per heavy atom. The van der Waals surface area contributed by atoms with Crippen LogP contribution in [0.2, 0.25) is 0 Å². The average molecular weight is 502 g/mol. The van der Waals surface area contributed by atoms with Gasteiger partial charge in [-0.25, -0.2) is 0 Å². The van der Waals surface area contributed by atoms with Gasteiger partial charge in [-0.2, -0.15) is 0 Å². The maximum absolute atomic E-state index is 13.4. The van der Waals surface area contributed by atoms with Gasteiger partial charge in [0.2, 0.25) is 18.3 Å². The predicted octanol–water partition coefficient (Wildman–Crippen LogP) is 4.50. The number of benzene rings is 3. The van der Waals surface area contributed by atoms with Gasteiger partial charge in [0.05, 0.1) is 33.3 Å². The van der Waals surface area contributed by atoms with E-state index < -0.39 is 11.9 Å². The van der Waals surface area contributed by atoms with E-state index in [2.05, 4.69) is 0 Å². The number of hydrogen-bond donors (Lipinski definition) is 0. The van der Waals surface area contributed by atoms with Gasteiger partial charge >= 0.3 is 5.97 Å². The molecular formula is C28H22O9. The Kier molecular flexibility index (Phi) is 5.40. The van der Waals surface area contributed by atoms with Gasteiger partial charge in [-0.05, 0) is 42.0 Å². The maximum Gasteiger partial charge on any atom is 0.312 e. The number of allylic oxidation sites excluding steroid dienone is 1. The van der Waals surface area contributed by atoms with Crippen LogP contribution in [-0.4, -0.2) is 39.9 Å².